The van der Waals surface area contributed by atoms with Crippen molar-refractivity contribution in [3.63, 3.8) is 0 Å². The molecule has 1 heterocycles. The maximum Gasteiger partial charge on any atom is 0.137 e. The van der Waals surface area contributed by atoms with Gasteiger partial charge in [-0.25, -0.2) is 0 Å². The van der Waals surface area contributed by atoms with Crippen LogP contribution < -0.4 is 10.1 Å². The molecule has 0 radical (unpaired) electrons. The number of nitriles is 1. The van der Waals surface area contributed by atoms with Crippen LogP contribution >= 0.6 is 0 Å². The first-order valence-electron chi connectivity index (χ1n) is 6.19. The van der Waals surface area contributed by atoms with Crippen molar-refractivity contribution in [3.8, 4) is 11.8 Å². The lowest BCUT2D eigenvalue weighted by molar-refractivity contribution is -0.0470. The highest BCUT2D eigenvalue weighted by Crippen LogP contribution is 2.19. The van der Waals surface area contributed by atoms with Crippen LogP contribution in [0.4, 0.5) is 0 Å². The number of aryl methyl sites for hydroxylation is 1. The summed E-state index contributed by atoms with van der Waals surface area (Å²) in [5, 5.41) is 12.3. The number of nitrogens with zero attached hydrogens (tertiary/aromatic N) is 1. The molecule has 0 aromatic heterocycles. The molecular weight excluding hydrogens is 228 g/mol. The summed E-state index contributed by atoms with van der Waals surface area (Å²) in [4.78, 5) is 0. The molecule has 2 atom stereocenters. The fourth-order valence-electron chi connectivity index (χ4n) is 2.01. The first-order chi connectivity index (χ1) is 8.69. The Bertz CT molecular complexity index is 454. The molecule has 1 aromatic carbocycles. The van der Waals surface area contributed by atoms with E-state index in [4.69, 9.17) is 14.7 Å². The van der Waals surface area contributed by atoms with Gasteiger partial charge in [-0.05, 0) is 31.5 Å². The Hall–Kier alpha value is -1.57. The van der Waals surface area contributed by atoms with Gasteiger partial charge in [-0.2, -0.15) is 5.26 Å². The van der Waals surface area contributed by atoms with Gasteiger partial charge in [0.15, 0.2) is 0 Å². The van der Waals surface area contributed by atoms with Crippen molar-refractivity contribution in [3.05, 3.63) is 29.3 Å². The summed E-state index contributed by atoms with van der Waals surface area (Å²) >= 11 is 0. The maximum atomic E-state index is 9.05. The van der Waals surface area contributed by atoms with Crippen LogP contribution in [0.2, 0.25) is 0 Å². The molecule has 4 heteroatoms. The lowest BCUT2D eigenvalue weighted by atomic mass is 10.1. The maximum absolute atomic E-state index is 9.05. The normalized spacial score (nSPS) is 23.4. The average molecular weight is 246 g/mol. The van der Waals surface area contributed by atoms with Gasteiger partial charge in [-0.3, -0.25) is 0 Å². The lowest BCUT2D eigenvalue weighted by Gasteiger charge is -2.28. The zero-order valence-electron chi connectivity index (χ0n) is 10.8. The van der Waals surface area contributed by atoms with Gasteiger partial charge in [-0.15, -0.1) is 0 Å². The molecule has 1 aliphatic rings. The molecule has 1 fully saturated rings. The third-order valence-electron chi connectivity index (χ3n) is 2.91. The van der Waals surface area contributed by atoms with Gasteiger partial charge in [0.05, 0.1) is 11.7 Å². The second-order valence-electron chi connectivity index (χ2n) is 4.65. The zero-order chi connectivity index (χ0) is 13.0. The van der Waals surface area contributed by atoms with Crippen LogP contribution in [0.1, 0.15) is 18.1 Å². The van der Waals surface area contributed by atoms with Crippen molar-refractivity contribution >= 4 is 0 Å². The molecule has 1 aromatic rings. The largest absolute Gasteiger partial charge is 0.489 e. The van der Waals surface area contributed by atoms with E-state index >= 15 is 0 Å². The second-order valence-corrected chi connectivity index (χ2v) is 4.65. The smallest absolute Gasteiger partial charge is 0.137 e. The van der Waals surface area contributed by atoms with Crippen molar-refractivity contribution in [1.82, 2.24) is 5.32 Å². The van der Waals surface area contributed by atoms with Gasteiger partial charge in [0, 0.05) is 13.1 Å². The molecule has 1 aliphatic heterocycles. The summed E-state index contributed by atoms with van der Waals surface area (Å²) in [6.45, 7) is 6.13. The van der Waals surface area contributed by atoms with Crippen LogP contribution in [0.25, 0.3) is 0 Å². The molecule has 2 unspecified atom stereocenters. The van der Waals surface area contributed by atoms with E-state index in [1.807, 2.05) is 32.0 Å². The van der Waals surface area contributed by atoms with Crippen LogP contribution in [0.15, 0.2) is 18.2 Å². The number of hydrogen-bond acceptors (Lipinski definition) is 4. The summed E-state index contributed by atoms with van der Waals surface area (Å²) in [6.07, 6.45) is 0.252. The van der Waals surface area contributed by atoms with Crippen LogP contribution in [-0.2, 0) is 4.74 Å². The van der Waals surface area contributed by atoms with Crippen LogP contribution in [0.5, 0.6) is 5.75 Å². The highest BCUT2D eigenvalue weighted by molar-refractivity contribution is 5.45. The third-order valence-corrected chi connectivity index (χ3v) is 2.91. The Kier molecular flexibility index (Phi) is 4.19. The van der Waals surface area contributed by atoms with Gasteiger partial charge in [-0.1, -0.05) is 6.07 Å². The highest BCUT2D eigenvalue weighted by Gasteiger charge is 2.19. The van der Waals surface area contributed by atoms with Gasteiger partial charge in [0.1, 0.15) is 24.5 Å². The summed E-state index contributed by atoms with van der Waals surface area (Å²) in [5.41, 5.74) is 1.63. The Morgan fingerprint density at radius 1 is 1.50 bits per heavy atom. The minimum atomic E-state index is 0.0431. The van der Waals surface area contributed by atoms with Crippen molar-refractivity contribution < 1.29 is 9.47 Å². The number of morpholine rings is 1. The molecule has 0 amide bonds. The topological polar surface area (TPSA) is 54.3 Å². The van der Waals surface area contributed by atoms with Gasteiger partial charge < -0.3 is 14.8 Å². The molecule has 0 saturated carbocycles. The molecular formula is C14H18N2O2. The van der Waals surface area contributed by atoms with E-state index in [-0.39, 0.29) is 12.2 Å². The zero-order valence-corrected chi connectivity index (χ0v) is 10.8. The van der Waals surface area contributed by atoms with E-state index < -0.39 is 0 Å². The predicted octanol–water partition coefficient (Wildman–Crippen LogP) is 1.62. The minimum Gasteiger partial charge on any atom is -0.489 e. The molecule has 1 N–H and O–H groups in total. The lowest BCUT2D eigenvalue weighted by Crippen LogP contribution is -2.45. The van der Waals surface area contributed by atoms with Gasteiger partial charge in [0.2, 0.25) is 0 Å². The first kappa shape index (κ1) is 12.9. The summed E-state index contributed by atoms with van der Waals surface area (Å²) < 4.78 is 11.4. The summed E-state index contributed by atoms with van der Waals surface area (Å²) in [5.74, 6) is 0.630. The minimum absolute atomic E-state index is 0.0431. The van der Waals surface area contributed by atoms with E-state index in [0.717, 1.165) is 18.7 Å². The van der Waals surface area contributed by atoms with E-state index in [1.165, 1.54) is 0 Å². The monoisotopic (exact) mass is 246 g/mol. The Balaban J connectivity index is 1.96. The SMILES string of the molecule is Cc1ccc(OCC2CNCC(C)O2)c(C#N)c1. The van der Waals surface area contributed by atoms with E-state index in [9.17, 15) is 0 Å². The number of nitrogens with one attached hydrogen (secondary N) is 1. The molecule has 0 bridgehead atoms. The molecule has 1 saturated heterocycles. The van der Waals surface area contributed by atoms with Crippen LogP contribution in [0, 0.1) is 18.3 Å². The quantitative estimate of drug-likeness (QED) is 0.880. The van der Waals surface area contributed by atoms with Crippen LogP contribution in [-0.4, -0.2) is 31.9 Å². The van der Waals surface area contributed by atoms with Crippen molar-refractivity contribution in [2.45, 2.75) is 26.1 Å². The van der Waals surface area contributed by atoms with E-state index in [2.05, 4.69) is 11.4 Å². The van der Waals surface area contributed by atoms with Crippen LogP contribution in [0.3, 0.4) is 0 Å². The van der Waals surface area contributed by atoms with E-state index in [1.54, 1.807) is 0 Å². The Labute approximate surface area is 108 Å². The average Bonchev–Trinajstić information content (AvgIpc) is 2.37. The van der Waals surface area contributed by atoms with Gasteiger partial charge in [0.25, 0.3) is 0 Å². The molecule has 96 valence electrons. The number of rotatable bonds is 3. The molecule has 2 rings (SSSR count). The summed E-state index contributed by atoms with van der Waals surface area (Å²) in [6, 6.07) is 7.77. The van der Waals surface area contributed by atoms with Crippen molar-refractivity contribution in [1.29, 1.82) is 5.26 Å². The fourth-order valence-corrected chi connectivity index (χ4v) is 2.01. The van der Waals surface area contributed by atoms with Crippen molar-refractivity contribution in [2.24, 2.45) is 0 Å². The fraction of sp³-hybridized carbons (Fsp3) is 0.500. The first-order valence-corrected chi connectivity index (χ1v) is 6.19. The number of hydrogen-bond donors (Lipinski definition) is 1. The van der Waals surface area contributed by atoms with Crippen molar-refractivity contribution in [2.75, 3.05) is 19.7 Å². The second kappa shape index (κ2) is 5.85. The molecule has 0 spiro atoms. The third kappa shape index (κ3) is 3.22. The molecule has 18 heavy (non-hydrogen) atoms. The number of ether oxygens (including phenoxy) is 2. The summed E-state index contributed by atoms with van der Waals surface area (Å²) in [7, 11) is 0. The standard InChI is InChI=1S/C14H18N2O2/c1-10-3-4-14(12(5-10)6-15)17-9-13-8-16-7-11(2)18-13/h3-5,11,13,16H,7-9H2,1-2H3. The van der Waals surface area contributed by atoms with E-state index in [0.29, 0.717) is 17.9 Å². The Morgan fingerprint density at radius 2 is 2.33 bits per heavy atom. The Morgan fingerprint density at radius 3 is 3.06 bits per heavy atom. The number of benzene rings is 1. The van der Waals surface area contributed by atoms with Gasteiger partial charge >= 0.3 is 0 Å². The highest BCUT2D eigenvalue weighted by atomic mass is 16.5. The molecule has 0 aliphatic carbocycles. The predicted molar refractivity (Wildman–Crippen MR) is 68.6 cm³/mol. The molecule has 4 nitrogen and oxygen atoms in total.